The molecule has 1 atom stereocenters. The molecule has 2 aliphatic rings. The van der Waals surface area contributed by atoms with Crippen LogP contribution in [-0.2, 0) is 4.79 Å². The van der Waals surface area contributed by atoms with Crippen molar-refractivity contribution >= 4 is 40.3 Å². The summed E-state index contributed by atoms with van der Waals surface area (Å²) in [5, 5.41) is 7.46. The number of methoxy groups -OCH3 is 1. The van der Waals surface area contributed by atoms with Crippen molar-refractivity contribution in [2.75, 3.05) is 26.1 Å². The number of benzene rings is 3. The number of nitrogens with zero attached hydrogens (tertiary/aromatic N) is 4. The summed E-state index contributed by atoms with van der Waals surface area (Å²) in [4.78, 5) is 19.8. The molecule has 0 aromatic heterocycles. The molecule has 0 radical (unpaired) electrons. The highest BCUT2D eigenvalue weighted by atomic mass is 32.2. The Morgan fingerprint density at radius 1 is 1.00 bits per heavy atom. The molecule has 0 aliphatic carbocycles. The van der Waals surface area contributed by atoms with Gasteiger partial charge in [-0.1, -0.05) is 42.5 Å². The Kier molecular flexibility index (Phi) is 6.42. The first-order valence-electron chi connectivity index (χ1n) is 11.4. The van der Waals surface area contributed by atoms with E-state index in [2.05, 4.69) is 34.2 Å². The standard InChI is InChI=1S/C28H26N4O2S/c1-31(2)22-13-9-21(10-14-22)25-18-24(20-11-15-23(34-3)16-12-20)30-32(25)28-29-27(33)26(35-28)17-19-7-5-4-6-8-19/h4-17,25H,18H2,1-3H3/b26-17-. The Morgan fingerprint density at radius 2 is 1.71 bits per heavy atom. The summed E-state index contributed by atoms with van der Waals surface area (Å²) in [6.45, 7) is 0. The molecule has 2 heterocycles. The van der Waals surface area contributed by atoms with E-state index in [1.54, 1.807) is 7.11 Å². The molecule has 35 heavy (non-hydrogen) atoms. The number of hydrazone groups is 1. The molecule has 2 aliphatic heterocycles. The maximum Gasteiger partial charge on any atom is 0.286 e. The van der Waals surface area contributed by atoms with Gasteiger partial charge in [0.2, 0.25) is 0 Å². The number of hydrogen-bond acceptors (Lipinski definition) is 6. The van der Waals surface area contributed by atoms with E-state index in [9.17, 15) is 4.79 Å². The number of amides is 1. The summed E-state index contributed by atoms with van der Waals surface area (Å²) in [7, 11) is 5.71. The van der Waals surface area contributed by atoms with Gasteiger partial charge in [0.05, 0.1) is 23.8 Å². The summed E-state index contributed by atoms with van der Waals surface area (Å²) >= 11 is 1.37. The monoisotopic (exact) mass is 482 g/mol. The molecule has 3 aromatic rings. The molecule has 176 valence electrons. The lowest BCUT2D eigenvalue weighted by atomic mass is 9.98. The third-order valence-electron chi connectivity index (χ3n) is 6.03. The maximum atomic E-state index is 12.8. The van der Waals surface area contributed by atoms with Gasteiger partial charge in [-0.3, -0.25) is 4.79 Å². The fraction of sp³-hybridized carbons (Fsp3) is 0.179. The number of anilines is 1. The van der Waals surface area contributed by atoms with Crippen molar-refractivity contribution in [3.63, 3.8) is 0 Å². The van der Waals surface area contributed by atoms with Crippen molar-refractivity contribution in [1.29, 1.82) is 0 Å². The predicted octanol–water partition coefficient (Wildman–Crippen LogP) is 5.58. The van der Waals surface area contributed by atoms with E-state index in [0.29, 0.717) is 16.5 Å². The van der Waals surface area contributed by atoms with Crippen molar-refractivity contribution in [2.45, 2.75) is 12.5 Å². The predicted molar refractivity (Wildman–Crippen MR) is 144 cm³/mol. The van der Waals surface area contributed by atoms with E-state index in [-0.39, 0.29) is 11.9 Å². The third-order valence-corrected chi connectivity index (χ3v) is 7.00. The number of aliphatic imine (C=N–C) groups is 1. The van der Waals surface area contributed by atoms with Crippen molar-refractivity contribution in [1.82, 2.24) is 5.01 Å². The lowest BCUT2D eigenvalue weighted by Crippen LogP contribution is -2.23. The summed E-state index contributed by atoms with van der Waals surface area (Å²) in [5.74, 6) is 0.570. The Labute approximate surface area is 209 Å². The first-order valence-corrected chi connectivity index (χ1v) is 12.2. The fourth-order valence-electron chi connectivity index (χ4n) is 4.10. The molecule has 1 unspecified atom stereocenters. The SMILES string of the molecule is COc1ccc(C2=NN(C3=NC(=O)/C(=C/c4ccccc4)S3)C(c3ccc(N(C)C)cc3)C2)cc1. The first-order chi connectivity index (χ1) is 17.0. The Bertz CT molecular complexity index is 1310. The molecule has 5 rings (SSSR count). The van der Waals surface area contributed by atoms with Crippen molar-refractivity contribution in [3.8, 4) is 5.75 Å². The van der Waals surface area contributed by atoms with Gasteiger partial charge in [-0.2, -0.15) is 10.1 Å². The number of carbonyl (C=O) groups excluding carboxylic acids is 1. The zero-order valence-corrected chi connectivity index (χ0v) is 20.7. The van der Waals surface area contributed by atoms with Crippen LogP contribution in [0.5, 0.6) is 5.75 Å². The van der Waals surface area contributed by atoms with Crippen LogP contribution in [0.3, 0.4) is 0 Å². The average molecular weight is 483 g/mol. The molecular formula is C28H26N4O2S. The Hall–Kier alpha value is -3.84. The maximum absolute atomic E-state index is 12.8. The van der Waals surface area contributed by atoms with E-state index >= 15 is 0 Å². The number of hydrogen-bond donors (Lipinski definition) is 0. The third kappa shape index (κ3) is 4.86. The molecule has 0 spiro atoms. The molecule has 3 aromatic carbocycles. The quantitative estimate of drug-likeness (QED) is 0.444. The summed E-state index contributed by atoms with van der Waals surface area (Å²) in [6, 6.07) is 26.1. The van der Waals surface area contributed by atoms with Gasteiger partial charge in [-0.25, -0.2) is 5.01 Å². The van der Waals surface area contributed by atoms with Gasteiger partial charge < -0.3 is 9.64 Å². The highest BCUT2D eigenvalue weighted by molar-refractivity contribution is 8.18. The van der Waals surface area contributed by atoms with Gasteiger partial charge in [0.25, 0.3) is 5.91 Å². The fourth-order valence-corrected chi connectivity index (χ4v) is 5.01. The van der Waals surface area contributed by atoms with Crippen LogP contribution in [0.2, 0.25) is 0 Å². The van der Waals surface area contributed by atoms with Gasteiger partial charge in [-0.15, -0.1) is 0 Å². The Balaban J connectivity index is 1.47. The minimum Gasteiger partial charge on any atom is -0.497 e. The molecule has 6 nitrogen and oxygen atoms in total. The number of rotatable bonds is 5. The minimum atomic E-state index is -0.233. The van der Waals surface area contributed by atoms with Crippen molar-refractivity contribution in [3.05, 3.63) is 100 Å². The van der Waals surface area contributed by atoms with E-state index in [1.807, 2.05) is 79.8 Å². The van der Waals surface area contributed by atoms with Gasteiger partial charge in [0.15, 0.2) is 5.17 Å². The lowest BCUT2D eigenvalue weighted by Gasteiger charge is -2.23. The number of carbonyl (C=O) groups is 1. The van der Waals surface area contributed by atoms with Crippen LogP contribution in [0.25, 0.3) is 6.08 Å². The van der Waals surface area contributed by atoms with Gasteiger partial charge in [-0.05, 0) is 70.9 Å². The highest BCUT2D eigenvalue weighted by Gasteiger charge is 2.36. The van der Waals surface area contributed by atoms with E-state index in [0.717, 1.165) is 33.8 Å². The molecular weight excluding hydrogens is 456 g/mol. The number of amidine groups is 1. The summed E-state index contributed by atoms with van der Waals surface area (Å²) in [6.07, 6.45) is 2.59. The van der Waals surface area contributed by atoms with Crippen LogP contribution in [0.4, 0.5) is 5.69 Å². The summed E-state index contributed by atoms with van der Waals surface area (Å²) < 4.78 is 5.31. The van der Waals surface area contributed by atoms with Crippen molar-refractivity contribution in [2.24, 2.45) is 10.1 Å². The number of ether oxygens (including phenoxy) is 1. The van der Waals surface area contributed by atoms with Crippen LogP contribution in [0, 0.1) is 0 Å². The molecule has 0 fully saturated rings. The zero-order chi connectivity index (χ0) is 24.4. The van der Waals surface area contributed by atoms with Crippen LogP contribution in [0.15, 0.2) is 93.9 Å². The smallest absolute Gasteiger partial charge is 0.286 e. The second-order valence-electron chi connectivity index (χ2n) is 8.55. The highest BCUT2D eigenvalue weighted by Crippen LogP contribution is 2.40. The average Bonchev–Trinajstić information content (AvgIpc) is 3.49. The molecule has 0 N–H and O–H groups in total. The van der Waals surface area contributed by atoms with Crippen LogP contribution >= 0.6 is 11.8 Å². The molecule has 0 saturated heterocycles. The lowest BCUT2D eigenvalue weighted by molar-refractivity contribution is -0.113. The van der Waals surface area contributed by atoms with Gasteiger partial charge in [0, 0.05) is 26.2 Å². The van der Waals surface area contributed by atoms with E-state index in [4.69, 9.17) is 9.84 Å². The normalized spacial score (nSPS) is 18.6. The van der Waals surface area contributed by atoms with Crippen LogP contribution in [0.1, 0.15) is 29.2 Å². The van der Waals surface area contributed by atoms with Crippen LogP contribution < -0.4 is 9.64 Å². The molecule has 0 saturated carbocycles. The minimum absolute atomic E-state index is 0.0570. The second kappa shape index (κ2) is 9.80. The first kappa shape index (κ1) is 22.9. The summed E-state index contributed by atoms with van der Waals surface area (Å²) in [5.41, 5.74) is 5.20. The molecule has 0 bridgehead atoms. The number of thioether (sulfide) groups is 1. The van der Waals surface area contributed by atoms with Gasteiger partial charge >= 0.3 is 0 Å². The molecule has 7 heteroatoms. The largest absolute Gasteiger partial charge is 0.497 e. The van der Waals surface area contributed by atoms with E-state index < -0.39 is 0 Å². The van der Waals surface area contributed by atoms with Gasteiger partial charge in [0.1, 0.15) is 5.75 Å². The van der Waals surface area contributed by atoms with Crippen LogP contribution in [-0.4, -0.2) is 43.0 Å². The zero-order valence-electron chi connectivity index (χ0n) is 19.9. The van der Waals surface area contributed by atoms with Crippen molar-refractivity contribution < 1.29 is 9.53 Å². The Morgan fingerprint density at radius 3 is 2.37 bits per heavy atom. The molecule has 1 amide bonds. The van der Waals surface area contributed by atoms with E-state index in [1.165, 1.54) is 11.8 Å². The second-order valence-corrected chi connectivity index (χ2v) is 9.56. The topological polar surface area (TPSA) is 57.5 Å².